The Balaban J connectivity index is 2.04. The predicted molar refractivity (Wildman–Crippen MR) is 98.7 cm³/mol. The van der Waals surface area contributed by atoms with Crippen LogP contribution in [0, 0.1) is 6.92 Å². The summed E-state index contributed by atoms with van der Waals surface area (Å²) in [5.74, 6) is -0.496. The number of aryl methyl sites for hydroxylation is 1. The summed E-state index contributed by atoms with van der Waals surface area (Å²) in [5, 5.41) is 14.2. The van der Waals surface area contributed by atoms with E-state index in [4.69, 9.17) is 44.0 Å². The number of carbonyl (C=O) groups excluding carboxylic acids is 1. The molecule has 0 unspecified atom stereocenters. The van der Waals surface area contributed by atoms with Crippen LogP contribution in [0.1, 0.15) is 18.2 Å². The maximum Gasteiger partial charge on any atom is 0.348 e. The van der Waals surface area contributed by atoms with Gasteiger partial charge in [0.05, 0.1) is 20.8 Å². The van der Waals surface area contributed by atoms with Gasteiger partial charge in [-0.3, -0.25) is 4.79 Å². The third-order valence-electron chi connectivity index (χ3n) is 3.10. The van der Waals surface area contributed by atoms with Crippen molar-refractivity contribution >= 4 is 46.4 Å². The quantitative estimate of drug-likeness (QED) is 0.438. The summed E-state index contributed by atoms with van der Waals surface area (Å²) in [6.07, 6.45) is 0. The highest BCUT2D eigenvalue weighted by molar-refractivity contribution is 6.43. The maximum absolute atomic E-state index is 11.8. The summed E-state index contributed by atoms with van der Waals surface area (Å²) < 4.78 is 10.1. The molecule has 0 atom stereocenters. The van der Waals surface area contributed by atoms with Crippen molar-refractivity contribution in [1.82, 2.24) is 5.43 Å². The number of aromatic hydroxyl groups is 1. The number of halogens is 3. The molecule has 2 rings (SSSR count). The fourth-order valence-electron chi connectivity index (χ4n) is 1.92. The maximum atomic E-state index is 11.8. The van der Waals surface area contributed by atoms with Crippen LogP contribution in [0.15, 0.2) is 32.5 Å². The molecule has 0 spiro atoms. The zero-order chi connectivity index (χ0) is 19.4. The molecule has 26 heavy (non-hydrogen) atoms. The number of amides is 1. The lowest BCUT2D eigenvalue weighted by molar-refractivity contribution is -0.123. The number of carbonyl (C=O) groups is 1. The lowest BCUT2D eigenvalue weighted by Gasteiger charge is -2.09. The van der Waals surface area contributed by atoms with Crippen molar-refractivity contribution < 1.29 is 19.1 Å². The average Bonchev–Trinajstić information content (AvgIpc) is 2.54. The highest BCUT2D eigenvalue weighted by Gasteiger charge is 2.14. The summed E-state index contributed by atoms with van der Waals surface area (Å²) in [6, 6.07) is 4.04. The number of ether oxygens (including phenoxy) is 1. The van der Waals surface area contributed by atoms with Gasteiger partial charge in [-0.1, -0.05) is 34.8 Å². The second-order valence-electron chi connectivity index (χ2n) is 5.12. The van der Waals surface area contributed by atoms with E-state index in [1.165, 1.54) is 32.0 Å². The predicted octanol–water partition coefficient (Wildman–Crippen LogP) is 3.53. The Morgan fingerprint density at radius 2 is 1.88 bits per heavy atom. The number of hydrogen-bond acceptors (Lipinski definition) is 6. The van der Waals surface area contributed by atoms with E-state index in [1.54, 1.807) is 0 Å². The lowest BCUT2D eigenvalue weighted by Crippen LogP contribution is -2.26. The van der Waals surface area contributed by atoms with E-state index in [9.17, 15) is 14.7 Å². The third-order valence-corrected chi connectivity index (χ3v) is 4.12. The van der Waals surface area contributed by atoms with Gasteiger partial charge in [0.25, 0.3) is 5.91 Å². The Kier molecular flexibility index (Phi) is 6.52. The lowest BCUT2D eigenvalue weighted by atomic mass is 10.2. The molecule has 0 saturated carbocycles. The van der Waals surface area contributed by atoms with Crippen LogP contribution in [0.2, 0.25) is 15.1 Å². The first-order valence-electron chi connectivity index (χ1n) is 7.13. The number of nitrogens with one attached hydrogen (secondary N) is 1. The number of hydrogen-bond donors (Lipinski definition) is 2. The summed E-state index contributed by atoms with van der Waals surface area (Å²) in [6.45, 7) is 2.53. The van der Waals surface area contributed by atoms with E-state index in [0.717, 1.165) is 0 Å². The smallest absolute Gasteiger partial charge is 0.348 e. The molecule has 0 fully saturated rings. The SMILES string of the molecule is CC(=NNC(=O)COc1cc(Cl)c(Cl)cc1Cl)c1c(O)cc(C)oc1=O. The monoisotopic (exact) mass is 418 g/mol. The van der Waals surface area contributed by atoms with Gasteiger partial charge in [-0.05, 0) is 19.9 Å². The summed E-state index contributed by atoms with van der Waals surface area (Å²) in [4.78, 5) is 23.6. The molecule has 138 valence electrons. The van der Waals surface area contributed by atoms with Crippen molar-refractivity contribution in [3.05, 3.63) is 55.0 Å². The fourth-order valence-corrected chi connectivity index (χ4v) is 2.51. The van der Waals surface area contributed by atoms with Crippen LogP contribution in [0.5, 0.6) is 11.5 Å². The highest BCUT2D eigenvalue weighted by Crippen LogP contribution is 2.33. The molecule has 0 radical (unpaired) electrons. The molecule has 0 aliphatic heterocycles. The van der Waals surface area contributed by atoms with Crippen LogP contribution in [0.4, 0.5) is 0 Å². The Hall–Kier alpha value is -2.22. The van der Waals surface area contributed by atoms with Crippen LogP contribution in [0.3, 0.4) is 0 Å². The van der Waals surface area contributed by atoms with Gasteiger partial charge < -0.3 is 14.3 Å². The van der Waals surface area contributed by atoms with Gasteiger partial charge >= 0.3 is 5.63 Å². The van der Waals surface area contributed by atoms with Crippen LogP contribution in [-0.4, -0.2) is 23.3 Å². The Bertz CT molecular complexity index is 940. The molecule has 0 aliphatic carbocycles. The fraction of sp³-hybridized carbons (Fsp3) is 0.188. The summed E-state index contributed by atoms with van der Waals surface area (Å²) >= 11 is 17.6. The van der Waals surface area contributed by atoms with Crippen LogP contribution in [-0.2, 0) is 4.79 Å². The first-order valence-corrected chi connectivity index (χ1v) is 8.27. The molecule has 0 bridgehead atoms. The summed E-state index contributed by atoms with van der Waals surface area (Å²) in [5.41, 5.74) is 1.35. The molecule has 2 aromatic rings. The third kappa shape index (κ3) is 4.91. The molecule has 0 saturated heterocycles. The minimum atomic E-state index is -0.767. The van der Waals surface area contributed by atoms with Gasteiger partial charge in [-0.15, -0.1) is 0 Å². The van der Waals surface area contributed by atoms with E-state index in [-0.39, 0.29) is 43.6 Å². The molecule has 2 N–H and O–H groups in total. The van der Waals surface area contributed by atoms with Gasteiger partial charge in [-0.25, -0.2) is 10.2 Å². The van der Waals surface area contributed by atoms with Gasteiger partial charge in [0.1, 0.15) is 22.8 Å². The second kappa shape index (κ2) is 8.44. The number of hydrazone groups is 1. The van der Waals surface area contributed by atoms with Crippen LogP contribution < -0.4 is 15.8 Å². The van der Waals surface area contributed by atoms with Crippen molar-refractivity contribution in [2.24, 2.45) is 5.10 Å². The van der Waals surface area contributed by atoms with Crippen molar-refractivity contribution in [1.29, 1.82) is 0 Å². The van der Waals surface area contributed by atoms with Crippen molar-refractivity contribution in [3.8, 4) is 11.5 Å². The largest absolute Gasteiger partial charge is 0.507 e. The Morgan fingerprint density at radius 3 is 2.54 bits per heavy atom. The molecular weight excluding hydrogens is 407 g/mol. The Labute approximate surface area is 163 Å². The standard InChI is InChI=1S/C16H13Cl3N2O5/c1-7-3-12(22)15(16(24)26-7)8(2)20-21-14(23)6-25-13-5-10(18)9(17)4-11(13)19/h3-5,22H,6H2,1-2H3,(H,21,23). The molecule has 1 aromatic carbocycles. The Morgan fingerprint density at radius 1 is 1.23 bits per heavy atom. The van der Waals surface area contributed by atoms with Gasteiger partial charge in [-0.2, -0.15) is 5.10 Å². The molecular formula is C16H13Cl3N2O5. The zero-order valence-corrected chi connectivity index (χ0v) is 15.9. The zero-order valence-electron chi connectivity index (χ0n) is 13.6. The number of benzene rings is 1. The second-order valence-corrected chi connectivity index (χ2v) is 6.34. The number of rotatable bonds is 5. The van der Waals surface area contributed by atoms with Gasteiger partial charge in [0, 0.05) is 12.1 Å². The van der Waals surface area contributed by atoms with Crippen molar-refractivity contribution in [3.63, 3.8) is 0 Å². The average molecular weight is 420 g/mol. The van der Waals surface area contributed by atoms with E-state index in [0.29, 0.717) is 0 Å². The van der Waals surface area contributed by atoms with Gasteiger partial charge in [0.15, 0.2) is 6.61 Å². The minimum Gasteiger partial charge on any atom is -0.507 e. The van der Waals surface area contributed by atoms with E-state index in [2.05, 4.69) is 10.5 Å². The topological polar surface area (TPSA) is 101 Å². The molecule has 1 amide bonds. The van der Waals surface area contributed by atoms with E-state index in [1.807, 2.05) is 0 Å². The summed E-state index contributed by atoms with van der Waals surface area (Å²) in [7, 11) is 0. The molecule has 1 heterocycles. The molecule has 0 aliphatic rings. The molecule has 10 heteroatoms. The van der Waals surface area contributed by atoms with E-state index < -0.39 is 18.1 Å². The first kappa shape index (κ1) is 20.1. The van der Waals surface area contributed by atoms with Crippen molar-refractivity contribution in [2.45, 2.75) is 13.8 Å². The molecule has 1 aromatic heterocycles. The van der Waals surface area contributed by atoms with E-state index >= 15 is 0 Å². The van der Waals surface area contributed by atoms with Crippen LogP contribution in [0.25, 0.3) is 0 Å². The van der Waals surface area contributed by atoms with Crippen molar-refractivity contribution in [2.75, 3.05) is 6.61 Å². The molecule has 7 nitrogen and oxygen atoms in total. The first-order chi connectivity index (χ1) is 12.2. The minimum absolute atomic E-state index is 0.0668. The normalized spacial score (nSPS) is 11.3. The highest BCUT2D eigenvalue weighted by atomic mass is 35.5. The van der Waals surface area contributed by atoms with Crippen LogP contribution >= 0.6 is 34.8 Å². The van der Waals surface area contributed by atoms with Gasteiger partial charge in [0.2, 0.25) is 0 Å². The number of nitrogens with zero attached hydrogens (tertiary/aromatic N) is 1.